The second-order valence-corrected chi connectivity index (χ2v) is 5.63. The molecule has 2 rings (SSSR count). The molecule has 1 N–H and O–H groups in total. The van der Waals surface area contributed by atoms with Crippen LogP contribution in [-0.4, -0.2) is 6.54 Å². The first-order valence-corrected chi connectivity index (χ1v) is 5.82. The normalized spacial score (nSPS) is 16.3. The molecule has 0 bridgehead atoms. The van der Waals surface area contributed by atoms with E-state index in [0.717, 1.165) is 13.1 Å². The summed E-state index contributed by atoms with van der Waals surface area (Å²) in [6, 6.07) is 4.71. The van der Waals surface area contributed by atoms with Crippen molar-refractivity contribution in [3.63, 3.8) is 0 Å². The van der Waals surface area contributed by atoms with Gasteiger partial charge in [0, 0.05) is 6.54 Å². The lowest BCUT2D eigenvalue weighted by Gasteiger charge is -2.28. The molecular formula is C14H21N. The molecule has 0 fully saturated rings. The van der Waals surface area contributed by atoms with Crippen LogP contribution in [0.4, 0.5) is 0 Å². The van der Waals surface area contributed by atoms with E-state index in [1.807, 2.05) is 0 Å². The number of benzene rings is 1. The van der Waals surface area contributed by atoms with Crippen LogP contribution in [0.2, 0.25) is 0 Å². The molecule has 0 amide bonds. The first-order chi connectivity index (χ1) is 6.98. The van der Waals surface area contributed by atoms with Gasteiger partial charge in [-0.2, -0.15) is 0 Å². The standard InChI is InChI=1S/C14H21N/c1-10-7-11-5-6-15-9-12(11)13(8-10)14(2,3)4/h7-8,15H,5-6,9H2,1-4H3. The quantitative estimate of drug-likeness (QED) is 0.683. The lowest BCUT2D eigenvalue weighted by molar-refractivity contribution is 0.559. The number of fused-ring (bicyclic) bond motifs is 1. The Balaban J connectivity index is 2.58. The lowest BCUT2D eigenvalue weighted by Crippen LogP contribution is -2.27. The molecule has 1 aromatic rings. The minimum Gasteiger partial charge on any atom is -0.312 e. The van der Waals surface area contributed by atoms with Crippen LogP contribution in [0, 0.1) is 6.92 Å². The third-order valence-electron chi connectivity index (χ3n) is 3.17. The van der Waals surface area contributed by atoms with Gasteiger partial charge in [0.25, 0.3) is 0 Å². The Labute approximate surface area is 92.9 Å². The maximum atomic E-state index is 3.47. The van der Waals surface area contributed by atoms with Gasteiger partial charge in [0.1, 0.15) is 0 Å². The largest absolute Gasteiger partial charge is 0.312 e. The van der Waals surface area contributed by atoms with Gasteiger partial charge >= 0.3 is 0 Å². The summed E-state index contributed by atoms with van der Waals surface area (Å²) in [5.74, 6) is 0. The van der Waals surface area contributed by atoms with Gasteiger partial charge in [-0.1, -0.05) is 38.5 Å². The van der Waals surface area contributed by atoms with Crippen LogP contribution in [-0.2, 0) is 18.4 Å². The highest BCUT2D eigenvalue weighted by Gasteiger charge is 2.21. The molecule has 0 radical (unpaired) electrons. The molecule has 1 aromatic carbocycles. The van der Waals surface area contributed by atoms with Crippen LogP contribution in [0.15, 0.2) is 12.1 Å². The molecule has 1 aliphatic rings. The van der Waals surface area contributed by atoms with Crippen LogP contribution in [0.5, 0.6) is 0 Å². The zero-order chi connectivity index (χ0) is 11.1. The number of rotatable bonds is 0. The fourth-order valence-electron chi connectivity index (χ4n) is 2.43. The molecule has 15 heavy (non-hydrogen) atoms. The number of nitrogens with one attached hydrogen (secondary N) is 1. The predicted molar refractivity (Wildman–Crippen MR) is 65.3 cm³/mol. The zero-order valence-electron chi connectivity index (χ0n) is 10.3. The van der Waals surface area contributed by atoms with Crippen molar-refractivity contribution in [2.75, 3.05) is 6.54 Å². The van der Waals surface area contributed by atoms with Gasteiger partial charge in [-0.15, -0.1) is 0 Å². The number of hydrogen-bond acceptors (Lipinski definition) is 1. The summed E-state index contributed by atoms with van der Waals surface area (Å²) in [6.07, 6.45) is 1.18. The Kier molecular flexibility index (Phi) is 2.59. The average molecular weight is 203 g/mol. The molecule has 0 saturated carbocycles. The number of aryl methyl sites for hydroxylation is 1. The fourth-order valence-corrected chi connectivity index (χ4v) is 2.43. The van der Waals surface area contributed by atoms with Crippen LogP contribution in [0.3, 0.4) is 0 Å². The van der Waals surface area contributed by atoms with E-state index in [1.165, 1.54) is 17.5 Å². The third kappa shape index (κ3) is 2.07. The van der Waals surface area contributed by atoms with Gasteiger partial charge in [-0.05, 0) is 42.0 Å². The highest BCUT2D eigenvalue weighted by molar-refractivity contribution is 5.43. The van der Waals surface area contributed by atoms with Crippen LogP contribution >= 0.6 is 0 Å². The molecule has 1 aliphatic heterocycles. The zero-order valence-corrected chi connectivity index (χ0v) is 10.3. The van der Waals surface area contributed by atoms with Crippen molar-refractivity contribution in [2.45, 2.75) is 46.1 Å². The van der Waals surface area contributed by atoms with Crippen molar-refractivity contribution in [3.8, 4) is 0 Å². The Bertz CT molecular complexity index is 372. The molecule has 0 aromatic heterocycles. The predicted octanol–water partition coefficient (Wildman–Crippen LogP) is 2.94. The van der Waals surface area contributed by atoms with Crippen molar-refractivity contribution in [1.29, 1.82) is 0 Å². The Morgan fingerprint density at radius 3 is 2.60 bits per heavy atom. The first kappa shape index (κ1) is 10.7. The van der Waals surface area contributed by atoms with Crippen LogP contribution < -0.4 is 5.32 Å². The lowest BCUT2D eigenvalue weighted by atomic mass is 9.80. The summed E-state index contributed by atoms with van der Waals surface area (Å²) in [7, 11) is 0. The summed E-state index contributed by atoms with van der Waals surface area (Å²) in [5.41, 5.74) is 6.28. The summed E-state index contributed by atoms with van der Waals surface area (Å²) < 4.78 is 0. The molecule has 0 atom stereocenters. The monoisotopic (exact) mass is 203 g/mol. The Morgan fingerprint density at radius 2 is 1.93 bits per heavy atom. The van der Waals surface area contributed by atoms with Crippen molar-refractivity contribution in [1.82, 2.24) is 5.32 Å². The highest BCUT2D eigenvalue weighted by Crippen LogP contribution is 2.30. The van der Waals surface area contributed by atoms with E-state index in [-0.39, 0.29) is 5.41 Å². The topological polar surface area (TPSA) is 12.0 Å². The first-order valence-electron chi connectivity index (χ1n) is 5.82. The molecular weight excluding hydrogens is 182 g/mol. The van der Waals surface area contributed by atoms with E-state index >= 15 is 0 Å². The van der Waals surface area contributed by atoms with Crippen molar-refractivity contribution >= 4 is 0 Å². The Hall–Kier alpha value is -0.820. The maximum absolute atomic E-state index is 3.47. The molecule has 0 spiro atoms. The van der Waals surface area contributed by atoms with Crippen molar-refractivity contribution < 1.29 is 0 Å². The Morgan fingerprint density at radius 1 is 1.20 bits per heavy atom. The molecule has 82 valence electrons. The fraction of sp³-hybridized carbons (Fsp3) is 0.571. The number of hydrogen-bond donors (Lipinski definition) is 1. The van der Waals surface area contributed by atoms with Crippen molar-refractivity contribution in [2.24, 2.45) is 0 Å². The molecule has 1 heteroatoms. The van der Waals surface area contributed by atoms with E-state index < -0.39 is 0 Å². The third-order valence-corrected chi connectivity index (χ3v) is 3.17. The van der Waals surface area contributed by atoms with E-state index in [1.54, 1.807) is 11.1 Å². The van der Waals surface area contributed by atoms with Crippen LogP contribution in [0.1, 0.15) is 43.0 Å². The molecule has 0 unspecified atom stereocenters. The molecule has 1 nitrogen and oxygen atoms in total. The smallest absolute Gasteiger partial charge is 0.0211 e. The second-order valence-electron chi connectivity index (χ2n) is 5.63. The SMILES string of the molecule is Cc1cc2c(c(C(C)(C)C)c1)CNCC2. The van der Waals surface area contributed by atoms with E-state index in [2.05, 4.69) is 45.1 Å². The minimum absolute atomic E-state index is 0.259. The molecule has 0 aliphatic carbocycles. The summed E-state index contributed by atoms with van der Waals surface area (Å²) in [6.45, 7) is 11.3. The molecule has 0 saturated heterocycles. The van der Waals surface area contributed by atoms with Crippen LogP contribution in [0.25, 0.3) is 0 Å². The van der Waals surface area contributed by atoms with Gasteiger partial charge in [-0.25, -0.2) is 0 Å². The van der Waals surface area contributed by atoms with E-state index in [4.69, 9.17) is 0 Å². The summed E-state index contributed by atoms with van der Waals surface area (Å²) in [4.78, 5) is 0. The summed E-state index contributed by atoms with van der Waals surface area (Å²) in [5, 5.41) is 3.47. The average Bonchev–Trinajstić information content (AvgIpc) is 2.15. The summed E-state index contributed by atoms with van der Waals surface area (Å²) >= 11 is 0. The van der Waals surface area contributed by atoms with Gasteiger partial charge in [0.2, 0.25) is 0 Å². The van der Waals surface area contributed by atoms with E-state index in [9.17, 15) is 0 Å². The minimum atomic E-state index is 0.259. The van der Waals surface area contributed by atoms with Gasteiger partial charge in [0.15, 0.2) is 0 Å². The van der Waals surface area contributed by atoms with Gasteiger partial charge < -0.3 is 5.32 Å². The second kappa shape index (κ2) is 3.64. The maximum Gasteiger partial charge on any atom is 0.0211 e. The van der Waals surface area contributed by atoms with Gasteiger partial charge in [-0.3, -0.25) is 0 Å². The van der Waals surface area contributed by atoms with E-state index in [0.29, 0.717) is 0 Å². The highest BCUT2D eigenvalue weighted by atomic mass is 14.9. The molecule has 1 heterocycles. The van der Waals surface area contributed by atoms with Crippen molar-refractivity contribution in [3.05, 3.63) is 34.4 Å². The van der Waals surface area contributed by atoms with Gasteiger partial charge in [0.05, 0.1) is 0 Å².